The Labute approximate surface area is 160 Å². The molecular weight excluding hydrogens is 418 g/mol. The van der Waals surface area contributed by atoms with Crippen molar-refractivity contribution in [3.05, 3.63) is 53.6 Å². The molecule has 0 aromatic heterocycles. The van der Waals surface area contributed by atoms with E-state index in [1.807, 2.05) is 24.3 Å². The SMILES string of the molecule is C#Cc1cccc(Nc2ccc(S(=O)(=O)NC)cc2C2CC(Br)=NO2)c1. The average Bonchev–Trinajstić information content (AvgIpc) is 3.08. The first-order valence-corrected chi connectivity index (χ1v) is 10.00. The number of nitrogens with one attached hydrogen (secondary N) is 2. The highest BCUT2D eigenvalue weighted by atomic mass is 79.9. The second kappa shape index (κ2) is 7.50. The van der Waals surface area contributed by atoms with Gasteiger partial charge in [-0.1, -0.05) is 17.1 Å². The number of terminal acetylenes is 1. The van der Waals surface area contributed by atoms with Crippen LogP contribution in [0.4, 0.5) is 11.4 Å². The summed E-state index contributed by atoms with van der Waals surface area (Å²) in [6.45, 7) is 0. The Bertz CT molecular complexity index is 1010. The van der Waals surface area contributed by atoms with Gasteiger partial charge in [0.1, 0.15) is 4.62 Å². The van der Waals surface area contributed by atoms with Crippen molar-refractivity contribution in [3.63, 3.8) is 0 Å². The summed E-state index contributed by atoms with van der Waals surface area (Å²) in [5, 5.41) is 7.17. The molecule has 0 aliphatic carbocycles. The maximum absolute atomic E-state index is 12.2. The van der Waals surface area contributed by atoms with Gasteiger partial charge in [0.05, 0.1) is 4.90 Å². The number of sulfonamides is 1. The first kappa shape index (κ1) is 18.5. The Hall–Kier alpha value is -2.34. The molecule has 2 aromatic carbocycles. The third-order valence-corrected chi connectivity index (χ3v) is 5.77. The molecule has 1 aliphatic heterocycles. The number of nitrogens with zero attached hydrogens (tertiary/aromatic N) is 1. The Morgan fingerprint density at radius 2 is 2.12 bits per heavy atom. The van der Waals surface area contributed by atoms with E-state index in [2.05, 4.69) is 37.0 Å². The minimum atomic E-state index is -3.57. The molecule has 0 spiro atoms. The molecule has 0 bridgehead atoms. The van der Waals surface area contributed by atoms with Gasteiger partial charge in [-0.05, 0) is 59.4 Å². The molecule has 134 valence electrons. The zero-order valence-corrected chi connectivity index (χ0v) is 16.3. The van der Waals surface area contributed by atoms with Gasteiger partial charge in [-0.2, -0.15) is 0 Å². The molecule has 0 saturated heterocycles. The number of hydrogen-bond donors (Lipinski definition) is 2. The van der Waals surface area contributed by atoms with Crippen LogP contribution in [-0.2, 0) is 14.9 Å². The fourth-order valence-electron chi connectivity index (χ4n) is 2.56. The van der Waals surface area contributed by atoms with E-state index < -0.39 is 16.1 Å². The van der Waals surface area contributed by atoms with E-state index in [1.54, 1.807) is 12.1 Å². The van der Waals surface area contributed by atoms with Crippen LogP contribution in [0, 0.1) is 12.3 Å². The fourth-order valence-corrected chi connectivity index (χ4v) is 3.71. The number of benzene rings is 2. The van der Waals surface area contributed by atoms with Crippen LogP contribution in [0.1, 0.15) is 23.7 Å². The van der Waals surface area contributed by atoms with Gasteiger partial charge in [-0.15, -0.1) is 6.42 Å². The van der Waals surface area contributed by atoms with E-state index in [0.29, 0.717) is 16.6 Å². The third-order valence-electron chi connectivity index (χ3n) is 3.89. The van der Waals surface area contributed by atoms with Crippen LogP contribution in [0.15, 0.2) is 52.5 Å². The summed E-state index contributed by atoms with van der Waals surface area (Å²) in [5.41, 5.74) is 2.94. The van der Waals surface area contributed by atoms with Crippen LogP contribution in [0.2, 0.25) is 0 Å². The smallest absolute Gasteiger partial charge is 0.240 e. The van der Waals surface area contributed by atoms with Crippen LogP contribution in [0.5, 0.6) is 0 Å². The van der Waals surface area contributed by atoms with Crippen molar-refractivity contribution < 1.29 is 13.3 Å². The quantitative estimate of drug-likeness (QED) is 0.707. The molecule has 2 N–H and O–H groups in total. The summed E-state index contributed by atoms with van der Waals surface area (Å²) in [6, 6.07) is 12.2. The van der Waals surface area contributed by atoms with Crippen molar-refractivity contribution in [2.75, 3.05) is 12.4 Å². The van der Waals surface area contributed by atoms with Gasteiger partial charge in [-0.25, -0.2) is 13.1 Å². The van der Waals surface area contributed by atoms with Crippen molar-refractivity contribution in [2.24, 2.45) is 5.16 Å². The first-order chi connectivity index (χ1) is 12.4. The van der Waals surface area contributed by atoms with Crippen molar-refractivity contribution in [2.45, 2.75) is 17.4 Å². The zero-order valence-electron chi connectivity index (χ0n) is 13.9. The predicted molar refractivity (Wildman–Crippen MR) is 105 cm³/mol. The Kier molecular flexibility index (Phi) is 5.32. The second-order valence-electron chi connectivity index (χ2n) is 5.57. The number of hydrogen-bond acceptors (Lipinski definition) is 5. The summed E-state index contributed by atoms with van der Waals surface area (Å²) in [6.07, 6.45) is 5.57. The molecular formula is C18H16BrN3O3S. The lowest BCUT2D eigenvalue weighted by Gasteiger charge is -2.17. The molecule has 0 amide bonds. The van der Waals surface area contributed by atoms with E-state index in [9.17, 15) is 8.42 Å². The van der Waals surface area contributed by atoms with Gasteiger partial charge in [0.25, 0.3) is 0 Å². The van der Waals surface area contributed by atoms with E-state index in [1.165, 1.54) is 13.1 Å². The van der Waals surface area contributed by atoms with Gasteiger partial charge in [0.15, 0.2) is 6.10 Å². The maximum atomic E-state index is 12.2. The molecule has 6 nitrogen and oxygen atoms in total. The number of rotatable bonds is 5. The lowest BCUT2D eigenvalue weighted by Crippen LogP contribution is -2.19. The van der Waals surface area contributed by atoms with E-state index in [0.717, 1.165) is 16.9 Å². The monoisotopic (exact) mass is 433 g/mol. The number of oxime groups is 1. The van der Waals surface area contributed by atoms with Crippen LogP contribution >= 0.6 is 15.9 Å². The largest absolute Gasteiger partial charge is 0.386 e. The number of halogens is 1. The minimum Gasteiger partial charge on any atom is -0.386 e. The van der Waals surface area contributed by atoms with Gasteiger partial charge < -0.3 is 10.2 Å². The summed E-state index contributed by atoms with van der Waals surface area (Å²) < 4.78 is 27.3. The molecule has 1 unspecified atom stereocenters. The van der Waals surface area contributed by atoms with Crippen molar-refractivity contribution >= 4 is 41.9 Å². The van der Waals surface area contributed by atoms with E-state index in [-0.39, 0.29) is 4.90 Å². The van der Waals surface area contributed by atoms with Crippen LogP contribution < -0.4 is 10.0 Å². The fraction of sp³-hybridized carbons (Fsp3) is 0.167. The van der Waals surface area contributed by atoms with Crippen LogP contribution in [0.25, 0.3) is 0 Å². The maximum Gasteiger partial charge on any atom is 0.240 e. The first-order valence-electron chi connectivity index (χ1n) is 7.72. The van der Waals surface area contributed by atoms with E-state index >= 15 is 0 Å². The molecule has 1 heterocycles. The Balaban J connectivity index is 2.02. The normalized spacial score (nSPS) is 16.5. The second-order valence-corrected chi connectivity index (χ2v) is 8.37. The molecule has 0 radical (unpaired) electrons. The van der Waals surface area contributed by atoms with Gasteiger partial charge in [-0.3, -0.25) is 0 Å². The predicted octanol–water partition coefficient (Wildman–Crippen LogP) is 3.49. The van der Waals surface area contributed by atoms with Crippen molar-refractivity contribution in [1.29, 1.82) is 0 Å². The lowest BCUT2D eigenvalue weighted by atomic mass is 10.0. The topological polar surface area (TPSA) is 79.8 Å². The molecule has 0 saturated carbocycles. The zero-order chi connectivity index (χ0) is 18.7. The molecule has 2 aromatic rings. The van der Waals surface area contributed by atoms with E-state index in [4.69, 9.17) is 11.3 Å². The molecule has 3 rings (SSSR count). The summed E-state index contributed by atoms with van der Waals surface area (Å²) in [5.74, 6) is 2.59. The average molecular weight is 434 g/mol. The highest BCUT2D eigenvalue weighted by molar-refractivity contribution is 9.18. The Morgan fingerprint density at radius 1 is 1.31 bits per heavy atom. The molecule has 1 atom stereocenters. The molecule has 26 heavy (non-hydrogen) atoms. The van der Waals surface area contributed by atoms with Gasteiger partial charge in [0.2, 0.25) is 10.0 Å². The third kappa shape index (κ3) is 3.90. The summed E-state index contributed by atoms with van der Waals surface area (Å²) >= 11 is 3.31. The number of anilines is 2. The van der Waals surface area contributed by atoms with Gasteiger partial charge in [0, 0.05) is 28.9 Å². The molecule has 8 heteroatoms. The molecule has 1 aliphatic rings. The highest BCUT2D eigenvalue weighted by Gasteiger charge is 2.26. The van der Waals surface area contributed by atoms with Crippen LogP contribution in [0.3, 0.4) is 0 Å². The minimum absolute atomic E-state index is 0.157. The van der Waals surface area contributed by atoms with Crippen molar-refractivity contribution in [1.82, 2.24) is 4.72 Å². The summed E-state index contributed by atoms with van der Waals surface area (Å²) in [7, 11) is -2.20. The standard InChI is InChI=1S/C18H16BrN3O3S/c1-3-12-5-4-6-13(9-12)21-16-8-7-14(26(23,24)20-2)10-15(16)17-11-18(19)22-25-17/h1,4-10,17,20-21H,11H2,2H3. The highest BCUT2D eigenvalue weighted by Crippen LogP contribution is 2.36. The van der Waals surface area contributed by atoms with Gasteiger partial charge >= 0.3 is 0 Å². The molecule has 0 fully saturated rings. The summed E-state index contributed by atoms with van der Waals surface area (Å²) in [4.78, 5) is 5.59. The van der Waals surface area contributed by atoms with Crippen LogP contribution in [-0.4, -0.2) is 20.1 Å². The van der Waals surface area contributed by atoms with Crippen molar-refractivity contribution in [3.8, 4) is 12.3 Å². The Morgan fingerprint density at radius 3 is 2.77 bits per heavy atom. The lowest BCUT2D eigenvalue weighted by molar-refractivity contribution is 0.0861.